The summed E-state index contributed by atoms with van der Waals surface area (Å²) < 4.78 is 319. The minimum Gasteiger partial charge on any atom is -0.486 e. The van der Waals surface area contributed by atoms with Gasteiger partial charge in [-0.05, 0) is 0 Å². The Labute approximate surface area is 285 Å². The Balaban J connectivity index is 1.74. The van der Waals surface area contributed by atoms with Crippen LogP contribution < -0.4 is 14.0 Å². The average molecular weight is 818 g/mol. The van der Waals surface area contributed by atoms with Crippen molar-refractivity contribution in [3.63, 3.8) is 0 Å². The Bertz CT molecular complexity index is 2410. The van der Waals surface area contributed by atoms with Crippen LogP contribution in [0.5, 0.6) is 17.2 Å². The normalized spacial score (nSPS) is 11.7. The molecule has 0 saturated carbocycles. The van der Waals surface area contributed by atoms with E-state index in [-0.39, 0.29) is 0 Å². The number of halogens is 21. The number of fused-ring (bicyclic) bond motifs is 3. The van der Waals surface area contributed by atoms with Crippen LogP contribution in [0.2, 0.25) is 0 Å². The lowest BCUT2D eigenvalue weighted by Gasteiger charge is -2.22. The van der Waals surface area contributed by atoms with Crippen molar-refractivity contribution in [3.05, 3.63) is 122 Å². The number of hydrogen-bond donors (Lipinski definition) is 0. The maximum absolute atomic E-state index is 15.2. The molecular formula is C30BF21O3. The first-order valence-electron chi connectivity index (χ1n) is 13.5. The molecule has 0 bridgehead atoms. The van der Waals surface area contributed by atoms with Gasteiger partial charge < -0.3 is 14.0 Å². The van der Waals surface area contributed by atoms with Crippen molar-refractivity contribution in [2.45, 2.75) is 0 Å². The van der Waals surface area contributed by atoms with Gasteiger partial charge in [0.05, 0.1) is 32.3 Å². The van der Waals surface area contributed by atoms with Gasteiger partial charge in [-0.25, -0.2) is 79.0 Å². The van der Waals surface area contributed by atoms with Crippen molar-refractivity contribution in [3.8, 4) is 17.2 Å². The minimum atomic E-state index is -4.20. The standard InChI is InChI=1S/C30BF21O3/c32-7-1-4(13(38)19(44)16(7)41)28(25(50)22(47)10(1)35)53-31(54-29-5-2(11(36)23(48)26(29)51)8(33)17(42)20(45)14(5)39)55-30-6-3(12(37)24(49)27(30)52)9(34)18(43)21(46)15(6)40. The van der Waals surface area contributed by atoms with E-state index in [2.05, 4.69) is 14.0 Å². The van der Waals surface area contributed by atoms with E-state index in [1.54, 1.807) is 0 Å². The van der Waals surface area contributed by atoms with E-state index >= 15 is 13.2 Å². The predicted molar refractivity (Wildman–Crippen MR) is 139 cm³/mol. The summed E-state index contributed by atoms with van der Waals surface area (Å²) in [5, 5.41) is -14.7. The summed E-state index contributed by atoms with van der Waals surface area (Å²) in [6, 6.07) is 0. The molecule has 0 amide bonds. The smallest absolute Gasteiger partial charge is 0.486 e. The van der Waals surface area contributed by atoms with E-state index in [0.29, 0.717) is 0 Å². The summed E-state index contributed by atoms with van der Waals surface area (Å²) in [7, 11) is -4.20. The molecule has 3 nitrogen and oxygen atoms in total. The monoisotopic (exact) mass is 818 g/mol. The first kappa shape index (κ1) is 38.8. The molecule has 0 aliphatic carbocycles. The molecule has 0 aromatic heterocycles. The van der Waals surface area contributed by atoms with E-state index < -0.39 is 179 Å². The second-order valence-electron chi connectivity index (χ2n) is 10.5. The second-order valence-corrected chi connectivity index (χ2v) is 10.5. The highest BCUT2D eigenvalue weighted by Gasteiger charge is 2.43. The zero-order valence-corrected chi connectivity index (χ0v) is 24.7. The van der Waals surface area contributed by atoms with E-state index in [1.165, 1.54) is 0 Å². The Hall–Kier alpha value is -5.91. The Morgan fingerprint density at radius 2 is 0.327 bits per heavy atom. The summed E-state index contributed by atoms with van der Waals surface area (Å²) in [6.45, 7) is 0. The predicted octanol–water partition coefficient (Wildman–Crippen LogP) is 10.6. The molecule has 0 unspecified atom stereocenters. The summed E-state index contributed by atoms with van der Waals surface area (Å²) in [6.07, 6.45) is 0. The van der Waals surface area contributed by atoms with Crippen LogP contribution in [0.1, 0.15) is 0 Å². The minimum absolute atomic E-state index is 2.45. The van der Waals surface area contributed by atoms with Crippen LogP contribution in [0.4, 0.5) is 92.2 Å². The fourth-order valence-corrected chi connectivity index (χ4v) is 5.09. The van der Waals surface area contributed by atoms with Crippen LogP contribution in [0.25, 0.3) is 32.3 Å². The van der Waals surface area contributed by atoms with Crippen LogP contribution in [0.3, 0.4) is 0 Å². The lowest BCUT2D eigenvalue weighted by Crippen LogP contribution is -2.38. The molecule has 6 rings (SSSR count). The van der Waals surface area contributed by atoms with Crippen LogP contribution in [-0.2, 0) is 0 Å². The molecule has 0 aliphatic heterocycles. The molecule has 0 aliphatic rings. The van der Waals surface area contributed by atoms with Crippen LogP contribution in [0.15, 0.2) is 0 Å². The molecule has 6 aromatic carbocycles. The van der Waals surface area contributed by atoms with E-state index in [1.807, 2.05) is 0 Å². The van der Waals surface area contributed by atoms with Gasteiger partial charge in [-0.2, -0.15) is 13.2 Å². The highest BCUT2D eigenvalue weighted by Crippen LogP contribution is 2.44. The fraction of sp³-hybridized carbons (Fsp3) is 0. The van der Waals surface area contributed by atoms with Gasteiger partial charge in [0.1, 0.15) is 0 Å². The van der Waals surface area contributed by atoms with Gasteiger partial charge in [0.25, 0.3) is 0 Å². The van der Waals surface area contributed by atoms with E-state index in [4.69, 9.17) is 0 Å². The Kier molecular flexibility index (Phi) is 9.27. The highest BCUT2D eigenvalue weighted by atomic mass is 19.2. The third-order valence-corrected chi connectivity index (χ3v) is 7.54. The van der Waals surface area contributed by atoms with Crippen LogP contribution in [0, 0.1) is 122 Å². The summed E-state index contributed by atoms with van der Waals surface area (Å²) in [5.41, 5.74) is 0. The maximum Gasteiger partial charge on any atom is 0.864 e. The Morgan fingerprint density at radius 1 is 0.182 bits per heavy atom. The number of benzene rings is 6. The van der Waals surface area contributed by atoms with Gasteiger partial charge in [0, 0.05) is 0 Å². The molecule has 55 heavy (non-hydrogen) atoms. The lowest BCUT2D eigenvalue weighted by atomic mass is 10.0. The summed E-state index contributed by atoms with van der Waals surface area (Å²) >= 11 is 0. The van der Waals surface area contributed by atoms with Crippen molar-refractivity contribution in [1.82, 2.24) is 0 Å². The quantitative estimate of drug-likeness (QED) is 0.0725. The molecule has 0 saturated heterocycles. The van der Waals surface area contributed by atoms with Crippen molar-refractivity contribution in [2.75, 3.05) is 0 Å². The SMILES string of the molecule is Fc1c(F)c(F)c2c(OB(Oc3c(F)c(F)c(F)c4c(F)c(F)c(F)c(F)c34)Oc3c(F)c(F)c(F)c4c(F)c(F)c(F)c(F)c34)c(F)c(F)c(F)c2c1F. The van der Waals surface area contributed by atoms with Gasteiger partial charge in [0.2, 0.25) is 17.5 Å². The van der Waals surface area contributed by atoms with E-state index in [9.17, 15) is 79.0 Å². The highest BCUT2D eigenvalue weighted by molar-refractivity contribution is 6.40. The molecule has 0 radical (unpaired) electrons. The molecule has 25 heteroatoms. The van der Waals surface area contributed by atoms with Crippen molar-refractivity contribution >= 4 is 39.6 Å². The summed E-state index contributed by atoms with van der Waals surface area (Å²) in [4.78, 5) is 0. The van der Waals surface area contributed by atoms with Crippen LogP contribution >= 0.6 is 0 Å². The Morgan fingerprint density at radius 3 is 0.509 bits per heavy atom. The zero-order valence-electron chi connectivity index (χ0n) is 24.7. The second kappa shape index (κ2) is 13.1. The first-order valence-corrected chi connectivity index (χ1v) is 13.5. The molecule has 0 spiro atoms. The van der Waals surface area contributed by atoms with E-state index in [0.717, 1.165) is 0 Å². The number of hydrogen-bond acceptors (Lipinski definition) is 3. The first-order chi connectivity index (χ1) is 25.6. The molecule has 6 aromatic rings. The lowest BCUT2D eigenvalue weighted by molar-refractivity contribution is 0.281. The average Bonchev–Trinajstić information content (AvgIpc) is 3.15. The van der Waals surface area contributed by atoms with Gasteiger partial charge in [-0.3, -0.25) is 0 Å². The topological polar surface area (TPSA) is 27.7 Å². The fourth-order valence-electron chi connectivity index (χ4n) is 5.09. The van der Waals surface area contributed by atoms with Gasteiger partial charge in [-0.1, -0.05) is 0 Å². The third-order valence-electron chi connectivity index (χ3n) is 7.54. The molecule has 0 N–H and O–H groups in total. The summed E-state index contributed by atoms with van der Waals surface area (Å²) in [5.74, 6) is -70.7. The van der Waals surface area contributed by atoms with Crippen LogP contribution in [-0.4, -0.2) is 7.32 Å². The molecule has 288 valence electrons. The van der Waals surface area contributed by atoms with Crippen molar-refractivity contribution in [1.29, 1.82) is 0 Å². The molecule has 0 fully saturated rings. The number of rotatable bonds is 6. The largest absolute Gasteiger partial charge is 0.864 e. The maximum atomic E-state index is 15.2. The zero-order chi connectivity index (χ0) is 41.0. The third kappa shape index (κ3) is 5.36. The van der Waals surface area contributed by atoms with Gasteiger partial charge in [-0.15, -0.1) is 0 Å². The van der Waals surface area contributed by atoms with Crippen molar-refractivity contribution < 1.29 is 106 Å². The van der Waals surface area contributed by atoms with Gasteiger partial charge >= 0.3 is 7.32 Å². The molecular weight excluding hydrogens is 818 g/mol. The van der Waals surface area contributed by atoms with Gasteiger partial charge in [0.15, 0.2) is 122 Å². The molecule has 0 heterocycles. The van der Waals surface area contributed by atoms with Crippen molar-refractivity contribution in [2.24, 2.45) is 0 Å². The molecule has 0 atom stereocenters.